The predicted molar refractivity (Wildman–Crippen MR) is 94.3 cm³/mol. The van der Waals surface area contributed by atoms with E-state index in [2.05, 4.69) is 45.3 Å². The number of nitrogens with zero attached hydrogens (tertiary/aromatic N) is 2. The molecule has 1 aliphatic heterocycles. The zero-order valence-corrected chi connectivity index (χ0v) is 14.0. The smallest absolute Gasteiger partial charge is 0.221 e. The molecule has 0 bridgehead atoms. The second-order valence-electron chi connectivity index (χ2n) is 6.25. The van der Waals surface area contributed by atoms with Gasteiger partial charge in [-0.2, -0.15) is 0 Å². The molecule has 2 aromatic rings. The van der Waals surface area contributed by atoms with Crippen LogP contribution in [0.4, 0.5) is 5.82 Å². The molecular formula is C17H24N6O. The fourth-order valence-corrected chi connectivity index (χ4v) is 3.02. The highest BCUT2D eigenvalue weighted by molar-refractivity contribution is 5.88. The third kappa shape index (κ3) is 3.80. The fourth-order valence-electron chi connectivity index (χ4n) is 3.02. The van der Waals surface area contributed by atoms with Crippen LogP contribution in [-0.4, -0.2) is 41.0 Å². The van der Waals surface area contributed by atoms with Crippen LogP contribution in [0.3, 0.4) is 0 Å². The van der Waals surface area contributed by atoms with E-state index < -0.39 is 0 Å². The molecule has 7 heteroatoms. The highest BCUT2D eigenvalue weighted by Crippen LogP contribution is 2.18. The first-order valence-electron chi connectivity index (χ1n) is 8.36. The van der Waals surface area contributed by atoms with E-state index in [1.807, 2.05) is 24.3 Å². The molecule has 0 saturated carbocycles. The molecule has 128 valence electrons. The van der Waals surface area contributed by atoms with Crippen molar-refractivity contribution in [1.82, 2.24) is 26.1 Å². The van der Waals surface area contributed by atoms with Crippen molar-refractivity contribution in [3.63, 3.8) is 0 Å². The number of nitrogens with one attached hydrogen (secondary N) is 4. The molecule has 2 heterocycles. The summed E-state index contributed by atoms with van der Waals surface area (Å²) in [6, 6.07) is 8.52. The number of anilines is 1. The van der Waals surface area contributed by atoms with Crippen molar-refractivity contribution in [2.24, 2.45) is 5.92 Å². The maximum Gasteiger partial charge on any atom is 0.221 e. The third-order valence-electron chi connectivity index (χ3n) is 4.55. The second-order valence-corrected chi connectivity index (χ2v) is 6.25. The average Bonchev–Trinajstić information content (AvgIpc) is 2.91. The van der Waals surface area contributed by atoms with Gasteiger partial charge in [-0.3, -0.25) is 15.6 Å². The Bertz CT molecular complexity index is 691. The molecule has 1 saturated heterocycles. The van der Waals surface area contributed by atoms with Gasteiger partial charge in [-0.15, -0.1) is 0 Å². The molecule has 3 rings (SSSR count). The van der Waals surface area contributed by atoms with Gasteiger partial charge in [-0.1, -0.05) is 12.1 Å². The Morgan fingerprint density at radius 2 is 1.92 bits per heavy atom. The number of hydrogen-bond acceptors (Lipinski definition) is 6. The first kappa shape index (κ1) is 16.6. The largest absolute Gasteiger partial charge is 0.369 e. The predicted octanol–water partition coefficient (Wildman–Crippen LogP) is 1.05. The highest BCUT2D eigenvalue weighted by atomic mass is 16.1. The Kier molecular flexibility index (Phi) is 5.22. The van der Waals surface area contributed by atoms with Gasteiger partial charge in [0.2, 0.25) is 5.91 Å². The number of para-hydroxylation sites is 1. The van der Waals surface area contributed by atoms with Gasteiger partial charge in [0.05, 0.1) is 5.52 Å². The lowest BCUT2D eigenvalue weighted by atomic mass is 9.97. The standard InChI is InChI=1S/C17H24N6O/c1-11-14(12(2)23-22-11)9-19-16(24)7-8-18-17-13-5-3-4-6-15(13)20-10-21-17/h3-6,10-12,14,22-23H,7-9H2,1-2H3,(H,19,24)(H,18,20,21). The van der Waals surface area contributed by atoms with Crippen LogP contribution in [0.5, 0.6) is 0 Å². The summed E-state index contributed by atoms with van der Waals surface area (Å²) in [4.78, 5) is 20.5. The summed E-state index contributed by atoms with van der Waals surface area (Å²) in [6.45, 7) is 5.46. The van der Waals surface area contributed by atoms with E-state index in [0.29, 0.717) is 37.5 Å². The van der Waals surface area contributed by atoms with E-state index in [1.165, 1.54) is 6.33 Å². The molecule has 1 aliphatic rings. The van der Waals surface area contributed by atoms with E-state index in [1.54, 1.807) is 0 Å². The SMILES string of the molecule is CC1NNC(C)C1CNC(=O)CCNc1ncnc2ccccc12. The molecular weight excluding hydrogens is 304 g/mol. The molecule has 1 aromatic heterocycles. The Labute approximate surface area is 141 Å². The van der Waals surface area contributed by atoms with Crippen LogP contribution in [0.2, 0.25) is 0 Å². The van der Waals surface area contributed by atoms with Crippen molar-refractivity contribution in [2.75, 3.05) is 18.4 Å². The van der Waals surface area contributed by atoms with Crippen molar-refractivity contribution < 1.29 is 4.79 Å². The molecule has 4 N–H and O–H groups in total. The van der Waals surface area contributed by atoms with Gasteiger partial charge in [-0.25, -0.2) is 9.97 Å². The molecule has 2 unspecified atom stereocenters. The molecule has 24 heavy (non-hydrogen) atoms. The van der Waals surface area contributed by atoms with E-state index in [4.69, 9.17) is 0 Å². The number of carbonyl (C=O) groups excluding carboxylic acids is 1. The van der Waals surface area contributed by atoms with Crippen molar-refractivity contribution in [1.29, 1.82) is 0 Å². The van der Waals surface area contributed by atoms with Gasteiger partial charge in [0.1, 0.15) is 12.1 Å². The van der Waals surface area contributed by atoms with Crippen LogP contribution in [0, 0.1) is 5.92 Å². The summed E-state index contributed by atoms with van der Waals surface area (Å²) in [6.07, 6.45) is 1.95. The summed E-state index contributed by atoms with van der Waals surface area (Å²) in [5.41, 5.74) is 7.29. The molecule has 0 aliphatic carbocycles. The minimum absolute atomic E-state index is 0.0483. The summed E-state index contributed by atoms with van der Waals surface area (Å²) in [5, 5.41) is 7.21. The van der Waals surface area contributed by atoms with Crippen LogP contribution >= 0.6 is 0 Å². The normalized spacial score (nSPS) is 23.3. The Morgan fingerprint density at radius 3 is 2.71 bits per heavy atom. The Morgan fingerprint density at radius 1 is 1.17 bits per heavy atom. The summed E-state index contributed by atoms with van der Waals surface area (Å²) < 4.78 is 0. The lowest BCUT2D eigenvalue weighted by Crippen LogP contribution is -2.37. The zero-order chi connectivity index (χ0) is 16.9. The van der Waals surface area contributed by atoms with Crippen molar-refractivity contribution >= 4 is 22.6 Å². The van der Waals surface area contributed by atoms with Crippen molar-refractivity contribution in [2.45, 2.75) is 32.4 Å². The van der Waals surface area contributed by atoms with Crippen LogP contribution in [-0.2, 0) is 4.79 Å². The number of rotatable bonds is 6. The Balaban J connectivity index is 1.46. The van der Waals surface area contributed by atoms with Crippen LogP contribution in [0.1, 0.15) is 20.3 Å². The minimum atomic E-state index is 0.0483. The van der Waals surface area contributed by atoms with E-state index in [-0.39, 0.29) is 5.91 Å². The first-order chi connectivity index (χ1) is 11.6. The lowest BCUT2D eigenvalue weighted by molar-refractivity contribution is -0.121. The zero-order valence-electron chi connectivity index (χ0n) is 14.0. The third-order valence-corrected chi connectivity index (χ3v) is 4.55. The molecule has 1 fully saturated rings. The van der Waals surface area contributed by atoms with Crippen molar-refractivity contribution in [3.05, 3.63) is 30.6 Å². The lowest BCUT2D eigenvalue weighted by Gasteiger charge is -2.18. The second kappa shape index (κ2) is 7.55. The van der Waals surface area contributed by atoms with E-state index in [0.717, 1.165) is 16.7 Å². The molecule has 1 amide bonds. The minimum Gasteiger partial charge on any atom is -0.369 e. The van der Waals surface area contributed by atoms with Gasteiger partial charge in [0.15, 0.2) is 0 Å². The maximum absolute atomic E-state index is 12.0. The number of amides is 1. The fraction of sp³-hybridized carbons (Fsp3) is 0.471. The van der Waals surface area contributed by atoms with Crippen molar-refractivity contribution in [3.8, 4) is 0 Å². The van der Waals surface area contributed by atoms with Gasteiger partial charge in [0, 0.05) is 42.9 Å². The van der Waals surface area contributed by atoms with E-state index >= 15 is 0 Å². The number of aromatic nitrogens is 2. The highest BCUT2D eigenvalue weighted by Gasteiger charge is 2.29. The van der Waals surface area contributed by atoms with Crippen LogP contribution in [0.25, 0.3) is 10.9 Å². The maximum atomic E-state index is 12.0. The van der Waals surface area contributed by atoms with Gasteiger partial charge >= 0.3 is 0 Å². The summed E-state index contributed by atoms with van der Waals surface area (Å²) in [7, 11) is 0. The number of hydrazine groups is 1. The first-order valence-corrected chi connectivity index (χ1v) is 8.36. The summed E-state index contributed by atoms with van der Waals surface area (Å²) >= 11 is 0. The molecule has 7 nitrogen and oxygen atoms in total. The monoisotopic (exact) mass is 328 g/mol. The van der Waals surface area contributed by atoms with Crippen LogP contribution in [0.15, 0.2) is 30.6 Å². The number of fused-ring (bicyclic) bond motifs is 1. The molecule has 0 spiro atoms. The van der Waals surface area contributed by atoms with Gasteiger partial charge < -0.3 is 10.6 Å². The van der Waals surface area contributed by atoms with Crippen LogP contribution < -0.4 is 21.5 Å². The number of benzene rings is 1. The van der Waals surface area contributed by atoms with E-state index in [9.17, 15) is 4.79 Å². The number of hydrogen-bond donors (Lipinski definition) is 4. The summed E-state index contributed by atoms with van der Waals surface area (Å²) in [5.74, 6) is 1.21. The molecule has 1 aromatic carbocycles. The average molecular weight is 328 g/mol. The number of carbonyl (C=O) groups is 1. The molecule has 0 radical (unpaired) electrons. The topological polar surface area (TPSA) is 91.0 Å². The molecule has 2 atom stereocenters. The Hall–Kier alpha value is -2.25. The van der Waals surface area contributed by atoms with Gasteiger partial charge in [0.25, 0.3) is 0 Å². The quantitative estimate of drug-likeness (QED) is 0.634. The van der Waals surface area contributed by atoms with Gasteiger partial charge in [-0.05, 0) is 26.0 Å².